The summed E-state index contributed by atoms with van der Waals surface area (Å²) < 4.78 is 0. The maximum absolute atomic E-state index is 12.7. The van der Waals surface area contributed by atoms with Crippen LogP contribution in [-0.4, -0.2) is 42.7 Å². The largest absolute Gasteiger partial charge is 0.352 e. The first-order valence-corrected chi connectivity index (χ1v) is 11.1. The molecule has 5 heteroatoms. The molecule has 1 N–H and O–H groups in total. The van der Waals surface area contributed by atoms with Crippen LogP contribution in [0, 0.1) is 5.92 Å². The van der Waals surface area contributed by atoms with Gasteiger partial charge in [0, 0.05) is 43.9 Å². The quantitative estimate of drug-likeness (QED) is 0.781. The molecule has 30 heavy (non-hydrogen) atoms. The van der Waals surface area contributed by atoms with E-state index in [4.69, 9.17) is 0 Å². The van der Waals surface area contributed by atoms with E-state index in [-0.39, 0.29) is 5.91 Å². The van der Waals surface area contributed by atoms with Crippen molar-refractivity contribution in [2.45, 2.75) is 39.2 Å². The van der Waals surface area contributed by atoms with Gasteiger partial charge in [0.25, 0.3) is 5.91 Å². The minimum atomic E-state index is 0.0153. The third-order valence-corrected chi connectivity index (χ3v) is 6.06. The maximum atomic E-state index is 12.7. The number of anilines is 1. The van der Waals surface area contributed by atoms with Crippen LogP contribution in [-0.2, 0) is 6.54 Å². The Bertz CT molecular complexity index is 862. The number of hydrogen-bond donors (Lipinski definition) is 1. The minimum Gasteiger partial charge on any atom is -0.352 e. The van der Waals surface area contributed by atoms with Crippen LogP contribution in [0.2, 0.25) is 0 Å². The number of nitrogens with one attached hydrogen (secondary N) is 1. The van der Waals surface area contributed by atoms with Crippen molar-refractivity contribution in [2.24, 2.45) is 11.0 Å². The van der Waals surface area contributed by atoms with Crippen LogP contribution >= 0.6 is 0 Å². The number of carbonyl (C=O) groups excluding carboxylic acids is 1. The number of benzene rings is 2. The lowest BCUT2D eigenvalue weighted by molar-refractivity contribution is 0.0942. The first-order valence-electron chi connectivity index (χ1n) is 11.1. The van der Waals surface area contributed by atoms with Gasteiger partial charge in [0.2, 0.25) is 0 Å². The number of nitrogens with zero attached hydrogens (tertiary/aromatic N) is 3. The van der Waals surface area contributed by atoms with Crippen molar-refractivity contribution in [3.8, 4) is 0 Å². The second-order valence-electron chi connectivity index (χ2n) is 8.55. The molecule has 2 aliphatic rings. The summed E-state index contributed by atoms with van der Waals surface area (Å²) in [6, 6.07) is 18.5. The second kappa shape index (κ2) is 9.90. The molecular formula is C25H32N4O. The molecule has 0 saturated carbocycles. The van der Waals surface area contributed by atoms with Crippen molar-refractivity contribution < 1.29 is 4.79 Å². The topological polar surface area (TPSA) is 47.9 Å². The van der Waals surface area contributed by atoms with E-state index in [2.05, 4.69) is 52.6 Å². The molecule has 4 rings (SSSR count). The van der Waals surface area contributed by atoms with Crippen molar-refractivity contribution in [1.29, 1.82) is 0 Å². The minimum absolute atomic E-state index is 0.0153. The fourth-order valence-electron chi connectivity index (χ4n) is 4.35. The van der Waals surface area contributed by atoms with E-state index in [0.29, 0.717) is 11.5 Å². The fourth-order valence-corrected chi connectivity index (χ4v) is 4.35. The number of likely N-dealkylation sites (tertiary alicyclic amines) is 1. The molecule has 0 bridgehead atoms. The molecule has 1 atom stereocenters. The molecule has 2 aromatic carbocycles. The molecule has 2 aliphatic heterocycles. The van der Waals surface area contributed by atoms with Gasteiger partial charge in [-0.25, -0.2) is 0 Å². The zero-order valence-electron chi connectivity index (χ0n) is 17.9. The summed E-state index contributed by atoms with van der Waals surface area (Å²) in [6.45, 7) is 6.88. The highest BCUT2D eigenvalue weighted by Crippen LogP contribution is 2.21. The van der Waals surface area contributed by atoms with Crippen LogP contribution in [0.5, 0.6) is 0 Å². The summed E-state index contributed by atoms with van der Waals surface area (Å²) in [5.74, 6) is 0.517. The molecule has 2 aromatic rings. The van der Waals surface area contributed by atoms with Crippen molar-refractivity contribution in [3.63, 3.8) is 0 Å². The van der Waals surface area contributed by atoms with Crippen molar-refractivity contribution >= 4 is 17.3 Å². The van der Waals surface area contributed by atoms with Crippen LogP contribution in [0.4, 0.5) is 5.69 Å². The third kappa shape index (κ3) is 5.48. The predicted octanol–water partition coefficient (Wildman–Crippen LogP) is 4.30. The van der Waals surface area contributed by atoms with Gasteiger partial charge in [-0.2, -0.15) is 5.10 Å². The number of carbonyl (C=O) groups is 1. The molecule has 1 amide bonds. The highest BCUT2D eigenvalue weighted by molar-refractivity contribution is 5.94. The van der Waals surface area contributed by atoms with E-state index >= 15 is 0 Å². The smallest absolute Gasteiger partial charge is 0.251 e. The molecule has 1 fully saturated rings. The normalized spacial score (nSPS) is 20.0. The zero-order valence-corrected chi connectivity index (χ0v) is 17.9. The first kappa shape index (κ1) is 20.6. The first-order chi connectivity index (χ1) is 14.7. The highest BCUT2D eigenvalue weighted by atomic mass is 16.1. The van der Waals surface area contributed by atoms with Crippen LogP contribution in [0.15, 0.2) is 59.7 Å². The van der Waals surface area contributed by atoms with Gasteiger partial charge in [0.1, 0.15) is 0 Å². The lowest BCUT2D eigenvalue weighted by atomic mass is 10.0. The molecule has 0 unspecified atom stereocenters. The Labute approximate surface area is 179 Å². The predicted molar refractivity (Wildman–Crippen MR) is 123 cm³/mol. The Balaban J connectivity index is 1.29. The number of rotatable bonds is 6. The summed E-state index contributed by atoms with van der Waals surface area (Å²) in [7, 11) is 0. The van der Waals surface area contributed by atoms with Gasteiger partial charge in [-0.05, 0) is 62.1 Å². The van der Waals surface area contributed by atoms with Gasteiger partial charge in [-0.3, -0.25) is 14.7 Å². The van der Waals surface area contributed by atoms with Crippen LogP contribution in [0.25, 0.3) is 0 Å². The molecular weight excluding hydrogens is 372 g/mol. The average molecular weight is 405 g/mol. The Kier molecular flexibility index (Phi) is 6.80. The molecule has 2 heterocycles. The summed E-state index contributed by atoms with van der Waals surface area (Å²) in [5, 5.41) is 9.70. The van der Waals surface area contributed by atoms with Crippen LogP contribution in [0.1, 0.15) is 48.5 Å². The zero-order chi connectivity index (χ0) is 20.8. The summed E-state index contributed by atoms with van der Waals surface area (Å²) in [4.78, 5) is 15.2. The van der Waals surface area contributed by atoms with Crippen molar-refractivity contribution in [2.75, 3.05) is 31.2 Å². The SMILES string of the molecule is CC1=NN(c2ccc(C(=O)NC[C@H]3CCCCN(Cc4ccccc4)C3)cc2)CC1. The Morgan fingerprint density at radius 3 is 2.60 bits per heavy atom. The molecule has 0 radical (unpaired) electrons. The Morgan fingerprint density at radius 1 is 1.07 bits per heavy atom. The lowest BCUT2D eigenvalue weighted by Gasteiger charge is -2.24. The molecule has 5 nitrogen and oxygen atoms in total. The number of hydrogen-bond acceptors (Lipinski definition) is 4. The maximum Gasteiger partial charge on any atom is 0.251 e. The van der Waals surface area contributed by atoms with Gasteiger partial charge in [-0.1, -0.05) is 36.8 Å². The summed E-state index contributed by atoms with van der Waals surface area (Å²) in [6.07, 6.45) is 4.65. The highest BCUT2D eigenvalue weighted by Gasteiger charge is 2.19. The van der Waals surface area contributed by atoms with Crippen molar-refractivity contribution in [1.82, 2.24) is 10.2 Å². The molecule has 0 spiro atoms. The standard InChI is InChI=1S/C25H32N4O/c1-20-14-16-29(27-20)24-12-10-23(11-13-24)25(30)26-17-22-9-5-6-15-28(19-22)18-21-7-3-2-4-8-21/h2-4,7-8,10-13,22H,5-6,9,14-19H2,1H3,(H,26,30)/t22-/m1/s1. The van der Waals surface area contributed by atoms with Gasteiger partial charge < -0.3 is 5.32 Å². The second-order valence-corrected chi connectivity index (χ2v) is 8.55. The number of hydrazone groups is 1. The van der Waals surface area contributed by atoms with E-state index in [9.17, 15) is 4.79 Å². The van der Waals surface area contributed by atoms with Gasteiger partial charge >= 0.3 is 0 Å². The molecule has 1 saturated heterocycles. The summed E-state index contributed by atoms with van der Waals surface area (Å²) >= 11 is 0. The van der Waals surface area contributed by atoms with Gasteiger partial charge in [-0.15, -0.1) is 0 Å². The van der Waals surface area contributed by atoms with E-state index in [0.717, 1.165) is 50.5 Å². The van der Waals surface area contributed by atoms with E-state index in [1.807, 2.05) is 29.3 Å². The molecule has 158 valence electrons. The molecule has 0 aromatic heterocycles. The van der Waals surface area contributed by atoms with E-state index in [1.165, 1.54) is 24.8 Å². The lowest BCUT2D eigenvalue weighted by Crippen LogP contribution is -2.35. The van der Waals surface area contributed by atoms with E-state index in [1.54, 1.807) is 0 Å². The van der Waals surface area contributed by atoms with Gasteiger partial charge in [0.15, 0.2) is 0 Å². The van der Waals surface area contributed by atoms with Gasteiger partial charge in [0.05, 0.1) is 5.69 Å². The Morgan fingerprint density at radius 2 is 1.87 bits per heavy atom. The fraction of sp³-hybridized carbons (Fsp3) is 0.440. The number of amides is 1. The monoisotopic (exact) mass is 404 g/mol. The van der Waals surface area contributed by atoms with Crippen LogP contribution < -0.4 is 10.3 Å². The molecule has 0 aliphatic carbocycles. The average Bonchev–Trinajstić information content (AvgIpc) is 3.08. The van der Waals surface area contributed by atoms with Crippen LogP contribution in [0.3, 0.4) is 0 Å². The summed E-state index contributed by atoms with van der Waals surface area (Å²) in [5.41, 5.74) is 4.28. The van der Waals surface area contributed by atoms with E-state index < -0.39 is 0 Å². The Hall–Kier alpha value is -2.66. The third-order valence-electron chi connectivity index (χ3n) is 6.06. The van der Waals surface area contributed by atoms with Crippen molar-refractivity contribution in [3.05, 3.63) is 65.7 Å².